The number of rotatable bonds is 4. The van der Waals surface area contributed by atoms with Crippen LogP contribution in [0.2, 0.25) is 0 Å². The van der Waals surface area contributed by atoms with E-state index in [0.29, 0.717) is 51.2 Å². The van der Waals surface area contributed by atoms with Gasteiger partial charge < -0.3 is 9.47 Å². The van der Waals surface area contributed by atoms with Crippen LogP contribution in [0, 0.1) is 0 Å². The first-order valence-corrected chi connectivity index (χ1v) is 11.7. The summed E-state index contributed by atoms with van der Waals surface area (Å²) in [5.74, 6) is 1.39. The van der Waals surface area contributed by atoms with Crippen molar-refractivity contribution in [3.63, 3.8) is 0 Å². The lowest BCUT2D eigenvalue weighted by molar-refractivity contribution is 0.0983. The van der Waals surface area contributed by atoms with Gasteiger partial charge in [-0.25, -0.2) is 4.68 Å². The minimum Gasteiger partial charge on any atom is -0.493 e. The van der Waals surface area contributed by atoms with E-state index < -0.39 is 11.7 Å². The van der Waals surface area contributed by atoms with Crippen LogP contribution in [-0.2, 0) is 0 Å². The second-order valence-corrected chi connectivity index (χ2v) is 9.14. The number of fused-ring (bicyclic) bond motifs is 8. The summed E-state index contributed by atoms with van der Waals surface area (Å²) in [4.78, 5) is 33.2. The maximum absolute atomic E-state index is 13.8. The Morgan fingerprint density at radius 3 is 2.36 bits per heavy atom. The fourth-order valence-electron chi connectivity index (χ4n) is 5.06. The Hall–Kier alpha value is -4.46. The van der Waals surface area contributed by atoms with Gasteiger partial charge in [0.15, 0.2) is 29.2 Å². The van der Waals surface area contributed by atoms with E-state index in [1.54, 1.807) is 15.6 Å². The van der Waals surface area contributed by atoms with E-state index in [1.165, 1.54) is 19.8 Å². The van der Waals surface area contributed by atoms with E-state index in [9.17, 15) is 9.59 Å². The number of para-hydroxylation sites is 1. The lowest BCUT2D eigenvalue weighted by Crippen LogP contribution is -2.39. The number of anilines is 1. The van der Waals surface area contributed by atoms with E-state index in [2.05, 4.69) is 18.8 Å². The van der Waals surface area contributed by atoms with E-state index in [4.69, 9.17) is 14.6 Å². The van der Waals surface area contributed by atoms with Gasteiger partial charge in [0.1, 0.15) is 0 Å². The number of amides is 1. The van der Waals surface area contributed by atoms with Crippen LogP contribution in [0.5, 0.6) is 11.5 Å². The molecule has 0 N–H and O–H groups in total. The molecule has 180 valence electrons. The monoisotopic (exact) mass is 480 g/mol. The van der Waals surface area contributed by atoms with Crippen LogP contribution in [0.25, 0.3) is 22.6 Å². The van der Waals surface area contributed by atoms with Crippen LogP contribution in [-0.4, -0.2) is 34.9 Å². The van der Waals surface area contributed by atoms with Gasteiger partial charge in [-0.15, -0.1) is 0 Å². The molecule has 2 aliphatic heterocycles. The van der Waals surface area contributed by atoms with E-state index in [0.717, 1.165) is 0 Å². The van der Waals surface area contributed by atoms with Crippen molar-refractivity contribution in [2.75, 3.05) is 19.1 Å². The molecular formula is C28H24N4O4. The lowest BCUT2D eigenvalue weighted by atomic mass is 10.0. The zero-order valence-electron chi connectivity index (χ0n) is 20.4. The Kier molecular flexibility index (Phi) is 4.93. The molecule has 8 heteroatoms. The third-order valence-electron chi connectivity index (χ3n) is 6.85. The van der Waals surface area contributed by atoms with Gasteiger partial charge in [-0.1, -0.05) is 56.3 Å². The fraction of sp³-hybridized carbons (Fsp3) is 0.214. The van der Waals surface area contributed by atoms with Crippen molar-refractivity contribution in [3.8, 4) is 34.1 Å². The van der Waals surface area contributed by atoms with Gasteiger partial charge in [-0.05, 0) is 29.7 Å². The Labute approximate surface area is 207 Å². The summed E-state index contributed by atoms with van der Waals surface area (Å²) in [6.45, 7) is 4.23. The molecule has 0 saturated carbocycles. The van der Waals surface area contributed by atoms with E-state index >= 15 is 0 Å². The molecule has 6 rings (SSSR count). The highest BCUT2D eigenvalue weighted by atomic mass is 16.5. The third-order valence-corrected chi connectivity index (χ3v) is 6.85. The number of hydrogen-bond donors (Lipinski definition) is 0. The highest BCUT2D eigenvalue weighted by Gasteiger charge is 2.47. The minimum absolute atomic E-state index is 0.229. The minimum atomic E-state index is -0.626. The van der Waals surface area contributed by atoms with Crippen LogP contribution in [0.3, 0.4) is 0 Å². The maximum Gasteiger partial charge on any atom is 0.300 e. The Morgan fingerprint density at radius 2 is 1.67 bits per heavy atom. The van der Waals surface area contributed by atoms with Crippen LogP contribution in [0.4, 0.5) is 5.69 Å². The van der Waals surface area contributed by atoms with Gasteiger partial charge in [0.25, 0.3) is 11.5 Å². The average molecular weight is 481 g/mol. The summed E-state index contributed by atoms with van der Waals surface area (Å²) in [5.41, 5.74) is 4.09. The largest absolute Gasteiger partial charge is 0.493 e. The summed E-state index contributed by atoms with van der Waals surface area (Å²) in [6.07, 6.45) is -0.626. The molecule has 0 bridgehead atoms. The van der Waals surface area contributed by atoms with Crippen LogP contribution in [0.15, 0.2) is 65.5 Å². The Bertz CT molecular complexity index is 1590. The van der Waals surface area contributed by atoms with Gasteiger partial charge in [0, 0.05) is 16.7 Å². The van der Waals surface area contributed by atoms with Crippen LogP contribution in [0.1, 0.15) is 47.4 Å². The van der Waals surface area contributed by atoms with Gasteiger partial charge in [-0.2, -0.15) is 10.1 Å². The standard InChI is InChI=1S/C28H24N4O4/c1-15(2)16-9-11-17(12-10-16)23-26(33)29-25-18-7-5-6-8-20(18)31-27(32(25)30-23)19-13-14-21(35-3)24(36-4)22(19)28(31)34/h5-15,27H,1-4H3/t27-/m1/s1. The molecule has 1 atom stereocenters. The first kappa shape index (κ1) is 22.0. The molecule has 3 aromatic carbocycles. The van der Waals surface area contributed by atoms with Crippen LogP contribution < -0.4 is 19.9 Å². The quantitative estimate of drug-likeness (QED) is 0.423. The van der Waals surface area contributed by atoms with Crippen molar-refractivity contribution in [3.05, 3.63) is 87.7 Å². The molecule has 0 spiro atoms. The topological polar surface area (TPSA) is 86.6 Å². The molecule has 1 amide bonds. The summed E-state index contributed by atoms with van der Waals surface area (Å²) < 4.78 is 12.7. The van der Waals surface area contributed by atoms with Crippen molar-refractivity contribution in [1.29, 1.82) is 0 Å². The molecule has 3 heterocycles. The van der Waals surface area contributed by atoms with Gasteiger partial charge >= 0.3 is 0 Å². The maximum atomic E-state index is 13.8. The summed E-state index contributed by atoms with van der Waals surface area (Å²) in [7, 11) is 3.05. The number of methoxy groups -OCH3 is 2. The number of carbonyl (C=O) groups excluding carboxylic acids is 1. The summed E-state index contributed by atoms with van der Waals surface area (Å²) in [6, 6.07) is 18.8. The summed E-state index contributed by atoms with van der Waals surface area (Å²) >= 11 is 0. The van der Waals surface area contributed by atoms with Gasteiger partial charge in [0.2, 0.25) is 0 Å². The predicted molar refractivity (Wildman–Crippen MR) is 136 cm³/mol. The molecule has 0 unspecified atom stereocenters. The number of carbonyl (C=O) groups is 1. The lowest BCUT2D eigenvalue weighted by Gasteiger charge is -2.34. The first-order chi connectivity index (χ1) is 17.4. The number of ether oxygens (including phenoxy) is 2. The van der Waals surface area contributed by atoms with Gasteiger partial charge in [0.05, 0.1) is 25.5 Å². The average Bonchev–Trinajstić information content (AvgIpc) is 3.20. The molecule has 0 radical (unpaired) electrons. The van der Waals surface area contributed by atoms with Crippen molar-refractivity contribution in [2.45, 2.75) is 25.9 Å². The number of aromatic nitrogens is 3. The Morgan fingerprint density at radius 1 is 0.917 bits per heavy atom. The van der Waals surface area contributed by atoms with Crippen molar-refractivity contribution < 1.29 is 14.3 Å². The molecular weight excluding hydrogens is 456 g/mol. The normalized spacial score (nSPS) is 15.3. The molecule has 0 saturated heterocycles. The highest BCUT2D eigenvalue weighted by molar-refractivity contribution is 6.15. The first-order valence-electron chi connectivity index (χ1n) is 11.7. The number of benzene rings is 3. The van der Waals surface area contributed by atoms with E-state index in [1.807, 2.05) is 54.6 Å². The molecule has 2 aliphatic rings. The molecule has 8 nitrogen and oxygen atoms in total. The fourth-order valence-corrected chi connectivity index (χ4v) is 5.06. The molecule has 1 aromatic heterocycles. The molecule has 36 heavy (non-hydrogen) atoms. The molecule has 4 aromatic rings. The Balaban J connectivity index is 1.62. The third kappa shape index (κ3) is 3.00. The second kappa shape index (κ2) is 8.05. The second-order valence-electron chi connectivity index (χ2n) is 9.14. The molecule has 0 aliphatic carbocycles. The van der Waals surface area contributed by atoms with Crippen molar-refractivity contribution in [2.24, 2.45) is 0 Å². The van der Waals surface area contributed by atoms with E-state index in [-0.39, 0.29) is 11.6 Å². The van der Waals surface area contributed by atoms with Crippen molar-refractivity contribution >= 4 is 11.6 Å². The zero-order valence-corrected chi connectivity index (χ0v) is 20.4. The zero-order chi connectivity index (χ0) is 25.1. The number of hydrogen-bond acceptors (Lipinski definition) is 6. The smallest absolute Gasteiger partial charge is 0.300 e. The predicted octanol–water partition coefficient (Wildman–Crippen LogP) is 4.63. The van der Waals surface area contributed by atoms with Crippen molar-refractivity contribution in [1.82, 2.24) is 14.8 Å². The number of nitrogens with zero attached hydrogens (tertiary/aromatic N) is 4. The SMILES string of the molecule is COc1ccc2c(c1OC)C(=O)N1c3ccccc3-c3nc(=O)c(-c4ccc(C(C)C)cc4)nn3[C@H]21. The highest BCUT2D eigenvalue weighted by Crippen LogP contribution is 2.50. The molecule has 0 fully saturated rings. The van der Waals surface area contributed by atoms with Crippen LogP contribution >= 0.6 is 0 Å². The van der Waals surface area contributed by atoms with Gasteiger partial charge in [-0.3, -0.25) is 14.5 Å². The summed E-state index contributed by atoms with van der Waals surface area (Å²) in [5, 5.41) is 4.81.